The number of benzene rings is 2. The van der Waals surface area contributed by atoms with E-state index >= 15 is 0 Å². The van der Waals surface area contributed by atoms with Crippen LogP contribution in [0.4, 0.5) is 11.4 Å². The summed E-state index contributed by atoms with van der Waals surface area (Å²) in [5.74, 6) is 0.130. The molecule has 35 heavy (non-hydrogen) atoms. The number of carboxylic acids is 1. The first-order chi connectivity index (χ1) is 17.0. The van der Waals surface area contributed by atoms with Crippen LogP contribution < -0.4 is 19.7 Å². The number of anilines is 2. The molecule has 1 aliphatic heterocycles. The number of aromatic carboxylic acids is 1. The van der Waals surface area contributed by atoms with Crippen LogP contribution in [0.5, 0.6) is 11.5 Å². The summed E-state index contributed by atoms with van der Waals surface area (Å²) in [6.07, 6.45) is 0.223. The molecule has 9 heteroatoms. The highest BCUT2D eigenvalue weighted by molar-refractivity contribution is 7.10. The van der Waals surface area contributed by atoms with Crippen LogP contribution in [-0.4, -0.2) is 62.3 Å². The Balaban J connectivity index is 1.38. The van der Waals surface area contributed by atoms with Gasteiger partial charge < -0.3 is 24.8 Å². The highest BCUT2D eigenvalue weighted by atomic mass is 32.1. The van der Waals surface area contributed by atoms with Gasteiger partial charge in [-0.2, -0.15) is 0 Å². The predicted octanol–water partition coefficient (Wildman–Crippen LogP) is 3.97. The number of nitrogens with zero attached hydrogens (tertiary/aromatic N) is 2. The Bertz CT molecular complexity index is 1170. The van der Waals surface area contributed by atoms with Crippen molar-refractivity contribution in [3.05, 3.63) is 69.9 Å². The number of methoxy groups -OCH3 is 2. The molecule has 8 nitrogen and oxygen atoms in total. The number of carboxylic acid groups (broad SMARTS) is 1. The highest BCUT2D eigenvalue weighted by Gasteiger charge is 2.21. The monoisotopic (exact) mass is 495 g/mol. The summed E-state index contributed by atoms with van der Waals surface area (Å²) in [5.41, 5.74) is 2.39. The maximum absolute atomic E-state index is 12.4. The minimum atomic E-state index is -1.06. The summed E-state index contributed by atoms with van der Waals surface area (Å²) >= 11 is 1.50. The van der Waals surface area contributed by atoms with Crippen LogP contribution in [0.1, 0.15) is 20.8 Å². The van der Waals surface area contributed by atoms with E-state index in [2.05, 4.69) is 15.1 Å². The van der Waals surface area contributed by atoms with Gasteiger partial charge in [0.25, 0.3) is 0 Å². The fraction of sp³-hybridized carbons (Fsp3) is 0.308. The van der Waals surface area contributed by atoms with E-state index in [0.717, 1.165) is 48.9 Å². The molecular formula is C26H29N3O5S. The van der Waals surface area contributed by atoms with E-state index in [9.17, 15) is 14.7 Å². The third-order valence-corrected chi connectivity index (χ3v) is 6.89. The first-order valence-corrected chi connectivity index (χ1v) is 12.2. The van der Waals surface area contributed by atoms with Gasteiger partial charge in [0.2, 0.25) is 5.91 Å². The first-order valence-electron chi connectivity index (χ1n) is 11.3. The Morgan fingerprint density at radius 1 is 1.00 bits per heavy atom. The number of hydrogen-bond donors (Lipinski definition) is 2. The third kappa shape index (κ3) is 6.12. The molecule has 1 fully saturated rings. The van der Waals surface area contributed by atoms with E-state index in [1.807, 2.05) is 41.8 Å². The van der Waals surface area contributed by atoms with Gasteiger partial charge in [-0.1, -0.05) is 12.1 Å². The maximum Gasteiger partial charge on any atom is 0.337 e. The fourth-order valence-electron chi connectivity index (χ4n) is 4.18. The number of carbonyl (C=O) groups is 2. The Morgan fingerprint density at radius 2 is 1.77 bits per heavy atom. The number of thiophene rings is 1. The molecule has 1 amide bonds. The molecule has 0 bridgehead atoms. The van der Waals surface area contributed by atoms with Crippen molar-refractivity contribution in [1.82, 2.24) is 4.90 Å². The van der Waals surface area contributed by atoms with Gasteiger partial charge in [-0.05, 0) is 47.3 Å². The zero-order valence-corrected chi connectivity index (χ0v) is 20.6. The quantitative estimate of drug-likeness (QED) is 0.464. The van der Waals surface area contributed by atoms with Crippen molar-refractivity contribution in [2.24, 2.45) is 0 Å². The van der Waals surface area contributed by atoms with Crippen molar-refractivity contribution in [3.8, 4) is 11.5 Å². The largest absolute Gasteiger partial charge is 0.493 e. The minimum Gasteiger partial charge on any atom is -0.493 e. The van der Waals surface area contributed by atoms with Crippen LogP contribution in [0, 0.1) is 0 Å². The summed E-state index contributed by atoms with van der Waals surface area (Å²) < 4.78 is 10.7. The molecule has 1 aliphatic rings. The van der Waals surface area contributed by atoms with Crippen molar-refractivity contribution in [3.63, 3.8) is 0 Å². The van der Waals surface area contributed by atoms with Crippen molar-refractivity contribution < 1.29 is 24.2 Å². The van der Waals surface area contributed by atoms with Crippen LogP contribution in [0.15, 0.2) is 53.9 Å². The van der Waals surface area contributed by atoms with Gasteiger partial charge in [-0.3, -0.25) is 9.69 Å². The molecule has 184 valence electrons. The zero-order chi connectivity index (χ0) is 24.8. The maximum atomic E-state index is 12.4. The summed E-state index contributed by atoms with van der Waals surface area (Å²) in [6, 6.07) is 14.9. The molecule has 1 aromatic heterocycles. The van der Waals surface area contributed by atoms with Crippen molar-refractivity contribution >= 4 is 34.6 Å². The standard InChI is InChI=1S/C26H29N3O5S/c1-33-23-8-5-18(14-24(23)34-2)17-28-9-11-29(12-10-28)19-6-7-22(21(15-19)26(31)32)27-25(30)16-20-4-3-13-35-20/h3-8,13-15H,9-12,16-17H2,1-2H3,(H,27,30)(H,31,32). The lowest BCUT2D eigenvalue weighted by molar-refractivity contribution is -0.115. The number of carbonyl (C=O) groups excluding carboxylic acids is 1. The molecule has 3 aromatic rings. The van der Waals surface area contributed by atoms with E-state index in [-0.39, 0.29) is 17.9 Å². The second kappa shape index (κ2) is 11.2. The fourth-order valence-corrected chi connectivity index (χ4v) is 4.89. The molecule has 4 rings (SSSR count). The van der Waals surface area contributed by atoms with E-state index < -0.39 is 5.97 Å². The Labute approximate surface area is 208 Å². The SMILES string of the molecule is COc1ccc(CN2CCN(c3ccc(NC(=O)Cc4cccs4)c(C(=O)O)c3)CC2)cc1OC. The highest BCUT2D eigenvalue weighted by Crippen LogP contribution is 2.29. The molecule has 1 saturated heterocycles. The summed E-state index contributed by atoms with van der Waals surface area (Å²) in [4.78, 5) is 29.8. The lowest BCUT2D eigenvalue weighted by Gasteiger charge is -2.36. The molecule has 2 heterocycles. The normalized spacial score (nSPS) is 13.9. The van der Waals surface area contributed by atoms with Crippen LogP contribution >= 0.6 is 11.3 Å². The molecule has 0 aliphatic carbocycles. The van der Waals surface area contributed by atoms with Crippen LogP contribution in [0.3, 0.4) is 0 Å². The van der Waals surface area contributed by atoms with Gasteiger partial charge in [-0.25, -0.2) is 4.79 Å². The number of amides is 1. The minimum absolute atomic E-state index is 0.0924. The van der Waals surface area contributed by atoms with Gasteiger partial charge in [0.15, 0.2) is 11.5 Å². The average molecular weight is 496 g/mol. The molecule has 0 spiro atoms. The Kier molecular flexibility index (Phi) is 7.89. The molecule has 0 saturated carbocycles. The molecule has 0 atom stereocenters. The number of rotatable bonds is 9. The van der Waals surface area contributed by atoms with Gasteiger partial charge in [0.1, 0.15) is 0 Å². The Hall–Kier alpha value is -3.56. The van der Waals surface area contributed by atoms with E-state index in [4.69, 9.17) is 9.47 Å². The van der Waals surface area contributed by atoms with Crippen LogP contribution in [-0.2, 0) is 17.8 Å². The average Bonchev–Trinajstić information content (AvgIpc) is 3.37. The van der Waals surface area contributed by atoms with Crippen molar-refractivity contribution in [2.75, 3.05) is 50.6 Å². The number of nitrogens with one attached hydrogen (secondary N) is 1. The third-order valence-electron chi connectivity index (χ3n) is 6.01. The van der Waals surface area contributed by atoms with Crippen LogP contribution in [0.25, 0.3) is 0 Å². The second-order valence-corrected chi connectivity index (χ2v) is 9.32. The molecule has 2 aromatic carbocycles. The number of ether oxygens (including phenoxy) is 2. The lowest BCUT2D eigenvalue weighted by atomic mass is 10.1. The van der Waals surface area contributed by atoms with Gasteiger partial charge >= 0.3 is 5.97 Å². The lowest BCUT2D eigenvalue weighted by Crippen LogP contribution is -2.46. The molecule has 0 radical (unpaired) electrons. The van der Waals surface area contributed by atoms with E-state index in [0.29, 0.717) is 17.2 Å². The predicted molar refractivity (Wildman–Crippen MR) is 137 cm³/mol. The number of hydrogen-bond acceptors (Lipinski definition) is 7. The van der Waals surface area contributed by atoms with Crippen molar-refractivity contribution in [2.45, 2.75) is 13.0 Å². The number of piperazine rings is 1. The first kappa shape index (κ1) is 24.6. The summed E-state index contributed by atoms with van der Waals surface area (Å²) in [5, 5.41) is 14.4. The smallest absolute Gasteiger partial charge is 0.337 e. The second-order valence-electron chi connectivity index (χ2n) is 8.29. The van der Waals surface area contributed by atoms with Gasteiger partial charge in [0, 0.05) is 43.3 Å². The van der Waals surface area contributed by atoms with Gasteiger partial charge in [-0.15, -0.1) is 11.3 Å². The molecular weight excluding hydrogens is 466 g/mol. The zero-order valence-electron chi connectivity index (χ0n) is 19.8. The Morgan fingerprint density at radius 3 is 2.43 bits per heavy atom. The molecule has 0 unspecified atom stereocenters. The van der Waals surface area contributed by atoms with E-state index in [1.165, 1.54) is 11.3 Å². The van der Waals surface area contributed by atoms with Crippen LogP contribution in [0.2, 0.25) is 0 Å². The topological polar surface area (TPSA) is 91.3 Å². The van der Waals surface area contributed by atoms with Gasteiger partial charge in [0.05, 0.1) is 31.9 Å². The molecule has 2 N–H and O–H groups in total. The van der Waals surface area contributed by atoms with E-state index in [1.54, 1.807) is 26.4 Å². The summed E-state index contributed by atoms with van der Waals surface area (Å²) in [7, 11) is 3.25. The van der Waals surface area contributed by atoms with Crippen molar-refractivity contribution in [1.29, 1.82) is 0 Å². The summed E-state index contributed by atoms with van der Waals surface area (Å²) in [6.45, 7) is 4.03.